The predicted molar refractivity (Wildman–Crippen MR) is 126 cm³/mol. The third kappa shape index (κ3) is 6.37. The van der Waals surface area contributed by atoms with Crippen LogP contribution in [-0.4, -0.2) is 4.98 Å². The van der Waals surface area contributed by atoms with Gasteiger partial charge in [0.05, 0.1) is 5.52 Å². The molecule has 1 aromatic carbocycles. The number of halogens is 1. The van der Waals surface area contributed by atoms with Crippen molar-refractivity contribution in [2.24, 2.45) is 0 Å². The van der Waals surface area contributed by atoms with Crippen LogP contribution in [0.1, 0.15) is 101 Å². The van der Waals surface area contributed by atoms with E-state index in [2.05, 4.69) is 25.1 Å². The lowest BCUT2D eigenvalue weighted by molar-refractivity contribution is 0.556. The highest BCUT2D eigenvalue weighted by atomic mass is 35.5. The van der Waals surface area contributed by atoms with Crippen LogP contribution >= 0.6 is 12.4 Å². The standard InChI is InChI=1S/C25H38N2.ClH/c1-2-3-4-5-6-7-8-9-10-11-14-20-17-18-24-22(19-20)25(26)21-15-12-13-16-23(21)27-24;/h17-19H,2-16H2,1H3,(H2,26,27);1H. The van der Waals surface area contributed by atoms with Crippen LogP contribution in [-0.2, 0) is 19.3 Å². The number of hydrogen-bond acceptors (Lipinski definition) is 2. The van der Waals surface area contributed by atoms with Crippen LogP contribution in [0.3, 0.4) is 0 Å². The second kappa shape index (κ2) is 12.3. The highest BCUT2D eigenvalue weighted by molar-refractivity contribution is 5.92. The van der Waals surface area contributed by atoms with E-state index in [1.165, 1.54) is 106 Å². The number of nitrogens with two attached hydrogens (primary N) is 1. The van der Waals surface area contributed by atoms with E-state index in [4.69, 9.17) is 10.7 Å². The molecule has 0 saturated carbocycles. The molecule has 0 radical (unpaired) electrons. The monoisotopic (exact) mass is 402 g/mol. The number of pyridine rings is 1. The summed E-state index contributed by atoms with van der Waals surface area (Å²) < 4.78 is 0. The number of anilines is 1. The molecule has 156 valence electrons. The van der Waals surface area contributed by atoms with Crippen molar-refractivity contribution < 1.29 is 0 Å². The zero-order valence-electron chi connectivity index (χ0n) is 17.8. The third-order valence-electron chi connectivity index (χ3n) is 6.19. The van der Waals surface area contributed by atoms with E-state index in [9.17, 15) is 0 Å². The summed E-state index contributed by atoms with van der Waals surface area (Å²) >= 11 is 0. The summed E-state index contributed by atoms with van der Waals surface area (Å²) in [6, 6.07) is 6.75. The van der Waals surface area contributed by atoms with Gasteiger partial charge >= 0.3 is 0 Å². The number of fused-ring (bicyclic) bond motifs is 2. The SMILES string of the molecule is CCCCCCCCCCCCc1ccc2nc3c(c(N)c2c1)CCCC3.Cl. The van der Waals surface area contributed by atoms with E-state index in [-0.39, 0.29) is 12.4 Å². The van der Waals surface area contributed by atoms with Gasteiger partial charge in [0.1, 0.15) is 0 Å². The quantitative estimate of drug-likeness (QED) is 0.393. The highest BCUT2D eigenvalue weighted by Crippen LogP contribution is 2.31. The van der Waals surface area contributed by atoms with Crippen molar-refractivity contribution in [3.63, 3.8) is 0 Å². The van der Waals surface area contributed by atoms with Gasteiger partial charge < -0.3 is 5.73 Å². The largest absolute Gasteiger partial charge is 0.398 e. The van der Waals surface area contributed by atoms with Crippen LogP contribution in [0.4, 0.5) is 5.69 Å². The van der Waals surface area contributed by atoms with Gasteiger partial charge in [-0.25, -0.2) is 0 Å². The van der Waals surface area contributed by atoms with E-state index in [0.717, 1.165) is 24.0 Å². The predicted octanol–water partition coefficient (Wildman–Crippen LogP) is 7.58. The van der Waals surface area contributed by atoms with Crippen molar-refractivity contribution in [2.75, 3.05) is 5.73 Å². The van der Waals surface area contributed by atoms with Crippen molar-refractivity contribution in [3.8, 4) is 0 Å². The number of aryl methyl sites for hydroxylation is 2. The fraction of sp³-hybridized carbons (Fsp3) is 0.640. The Hall–Kier alpha value is -1.28. The maximum Gasteiger partial charge on any atom is 0.0726 e. The normalized spacial score (nSPS) is 13.3. The number of benzene rings is 1. The van der Waals surface area contributed by atoms with Crippen LogP contribution < -0.4 is 5.73 Å². The molecule has 0 bridgehead atoms. The molecule has 1 heterocycles. The van der Waals surface area contributed by atoms with Gasteiger partial charge in [-0.1, -0.05) is 70.8 Å². The van der Waals surface area contributed by atoms with Crippen LogP contribution in [0, 0.1) is 0 Å². The Morgan fingerprint density at radius 2 is 1.50 bits per heavy atom. The Morgan fingerprint density at radius 3 is 2.21 bits per heavy atom. The van der Waals surface area contributed by atoms with E-state index in [1.54, 1.807) is 0 Å². The molecule has 2 nitrogen and oxygen atoms in total. The van der Waals surface area contributed by atoms with E-state index in [1.807, 2.05) is 0 Å². The van der Waals surface area contributed by atoms with Crippen molar-refractivity contribution in [3.05, 3.63) is 35.0 Å². The molecule has 0 spiro atoms. The fourth-order valence-electron chi connectivity index (χ4n) is 4.48. The van der Waals surface area contributed by atoms with Crippen LogP contribution in [0.15, 0.2) is 18.2 Å². The average Bonchev–Trinajstić information content (AvgIpc) is 2.70. The summed E-state index contributed by atoms with van der Waals surface area (Å²) in [5, 5.41) is 1.18. The minimum atomic E-state index is 0. The molecule has 0 aliphatic heterocycles. The molecule has 2 aromatic rings. The smallest absolute Gasteiger partial charge is 0.0726 e. The molecule has 0 fully saturated rings. The molecule has 28 heavy (non-hydrogen) atoms. The van der Waals surface area contributed by atoms with Crippen molar-refractivity contribution in [1.29, 1.82) is 0 Å². The summed E-state index contributed by atoms with van der Waals surface area (Å²) in [6.07, 6.45) is 19.8. The van der Waals surface area contributed by atoms with E-state index >= 15 is 0 Å². The second-order valence-electron chi connectivity index (χ2n) is 8.44. The summed E-state index contributed by atoms with van der Waals surface area (Å²) in [4.78, 5) is 4.89. The Morgan fingerprint density at radius 1 is 0.857 bits per heavy atom. The molecule has 3 heteroatoms. The van der Waals surface area contributed by atoms with Gasteiger partial charge in [-0.15, -0.1) is 12.4 Å². The number of unbranched alkanes of at least 4 members (excludes halogenated alkanes) is 9. The molecule has 1 aromatic heterocycles. The lowest BCUT2D eigenvalue weighted by Gasteiger charge is -2.18. The third-order valence-corrected chi connectivity index (χ3v) is 6.19. The Labute approximate surface area is 178 Å². The Kier molecular flexibility index (Phi) is 10.1. The maximum absolute atomic E-state index is 6.52. The van der Waals surface area contributed by atoms with Gasteiger partial charge in [-0.3, -0.25) is 4.98 Å². The first kappa shape index (κ1) is 23.0. The first-order valence-corrected chi connectivity index (χ1v) is 11.5. The van der Waals surface area contributed by atoms with Gasteiger partial charge in [-0.05, 0) is 61.8 Å². The fourth-order valence-corrected chi connectivity index (χ4v) is 4.48. The Balaban J connectivity index is 0.00000280. The molecule has 1 aliphatic rings. The van der Waals surface area contributed by atoms with Crippen LogP contribution in [0.5, 0.6) is 0 Å². The number of rotatable bonds is 11. The first-order chi connectivity index (χ1) is 13.3. The molecule has 0 amide bonds. The number of aromatic nitrogens is 1. The molecular formula is C25H39ClN2. The molecule has 3 rings (SSSR count). The molecular weight excluding hydrogens is 364 g/mol. The van der Waals surface area contributed by atoms with Gasteiger partial charge in [0.25, 0.3) is 0 Å². The molecule has 0 unspecified atom stereocenters. The minimum absolute atomic E-state index is 0. The van der Waals surface area contributed by atoms with Crippen molar-refractivity contribution in [1.82, 2.24) is 4.98 Å². The average molecular weight is 403 g/mol. The number of nitrogens with zero attached hydrogens (tertiary/aromatic N) is 1. The second-order valence-corrected chi connectivity index (χ2v) is 8.44. The molecule has 0 atom stereocenters. The highest BCUT2D eigenvalue weighted by Gasteiger charge is 2.16. The number of hydrogen-bond donors (Lipinski definition) is 1. The van der Waals surface area contributed by atoms with Gasteiger partial charge in [0.2, 0.25) is 0 Å². The zero-order valence-corrected chi connectivity index (χ0v) is 18.6. The van der Waals surface area contributed by atoms with Crippen LogP contribution in [0.25, 0.3) is 10.9 Å². The van der Waals surface area contributed by atoms with Crippen LogP contribution in [0.2, 0.25) is 0 Å². The van der Waals surface area contributed by atoms with Crippen molar-refractivity contribution >= 4 is 29.0 Å². The first-order valence-electron chi connectivity index (χ1n) is 11.5. The summed E-state index contributed by atoms with van der Waals surface area (Å²) in [5.74, 6) is 0. The molecule has 1 aliphatic carbocycles. The van der Waals surface area contributed by atoms with Crippen molar-refractivity contribution in [2.45, 2.75) is 103 Å². The molecule has 0 saturated heterocycles. The zero-order chi connectivity index (χ0) is 18.9. The molecule has 2 N–H and O–H groups in total. The van der Waals surface area contributed by atoms with Gasteiger partial charge in [-0.2, -0.15) is 0 Å². The van der Waals surface area contributed by atoms with Gasteiger partial charge in [0.15, 0.2) is 0 Å². The topological polar surface area (TPSA) is 38.9 Å². The lowest BCUT2D eigenvalue weighted by Crippen LogP contribution is -2.09. The Bertz CT molecular complexity index is 726. The maximum atomic E-state index is 6.52. The minimum Gasteiger partial charge on any atom is -0.398 e. The lowest BCUT2D eigenvalue weighted by atomic mass is 9.92. The van der Waals surface area contributed by atoms with E-state index < -0.39 is 0 Å². The number of nitrogen functional groups attached to an aromatic ring is 1. The summed E-state index contributed by atoms with van der Waals surface area (Å²) in [6.45, 7) is 2.29. The van der Waals surface area contributed by atoms with E-state index in [0.29, 0.717) is 0 Å². The summed E-state index contributed by atoms with van der Waals surface area (Å²) in [7, 11) is 0. The summed E-state index contributed by atoms with van der Waals surface area (Å²) in [5.41, 5.74) is 12.6. The van der Waals surface area contributed by atoms with Gasteiger partial charge in [0, 0.05) is 16.8 Å².